The minimum atomic E-state index is -0.754. The Morgan fingerprint density at radius 3 is 2.90 bits per heavy atom. The lowest BCUT2D eigenvalue weighted by Gasteiger charge is -2.36. The molecule has 1 aromatic carbocycles. The molecule has 1 saturated heterocycles. The molecule has 0 spiro atoms. The zero-order valence-corrected chi connectivity index (χ0v) is 12.5. The lowest BCUT2D eigenvalue weighted by Crippen LogP contribution is -2.54. The molecule has 1 heterocycles. The van der Waals surface area contributed by atoms with E-state index >= 15 is 0 Å². The zero-order valence-electron chi connectivity index (χ0n) is 12.5. The topological polar surface area (TPSA) is 53.0 Å². The summed E-state index contributed by atoms with van der Waals surface area (Å²) in [7, 11) is 3.52. The second-order valence-electron chi connectivity index (χ2n) is 5.24. The van der Waals surface area contributed by atoms with Crippen LogP contribution in [-0.2, 0) is 4.79 Å². The molecule has 1 aromatic rings. The molecule has 0 aromatic heterocycles. The Bertz CT molecular complexity index is 516. The SMILES string of the molecule is COc1ccccc1/C=C/CN1CCN(C)[C@@H](C(=O)O)C1. The van der Waals surface area contributed by atoms with E-state index in [9.17, 15) is 9.90 Å². The van der Waals surface area contributed by atoms with Gasteiger partial charge < -0.3 is 9.84 Å². The van der Waals surface area contributed by atoms with Crippen molar-refractivity contribution >= 4 is 12.0 Å². The third-order valence-corrected chi connectivity index (χ3v) is 3.82. The smallest absolute Gasteiger partial charge is 0.322 e. The van der Waals surface area contributed by atoms with Crippen LogP contribution in [0, 0.1) is 0 Å². The number of carboxylic acid groups (broad SMARTS) is 1. The number of rotatable bonds is 5. The first-order chi connectivity index (χ1) is 10.1. The van der Waals surface area contributed by atoms with Crippen molar-refractivity contribution in [3.05, 3.63) is 35.9 Å². The summed E-state index contributed by atoms with van der Waals surface area (Å²) in [6.07, 6.45) is 4.08. The van der Waals surface area contributed by atoms with Gasteiger partial charge in [0.2, 0.25) is 0 Å². The summed E-state index contributed by atoms with van der Waals surface area (Å²) in [5.41, 5.74) is 1.03. The van der Waals surface area contributed by atoms with Crippen molar-refractivity contribution in [3.63, 3.8) is 0 Å². The van der Waals surface area contributed by atoms with E-state index < -0.39 is 12.0 Å². The molecule has 1 aliphatic rings. The number of piperazine rings is 1. The van der Waals surface area contributed by atoms with Crippen LogP contribution in [0.5, 0.6) is 5.75 Å². The molecular weight excluding hydrogens is 268 g/mol. The van der Waals surface area contributed by atoms with E-state index in [4.69, 9.17) is 4.74 Å². The van der Waals surface area contributed by atoms with Gasteiger partial charge >= 0.3 is 5.97 Å². The standard InChI is InChI=1S/C16H22N2O3/c1-17-10-11-18(12-14(17)16(19)20)9-5-7-13-6-3-4-8-15(13)21-2/h3-8,14H,9-12H2,1-2H3,(H,19,20)/b7-5+/t14-/m1/s1. The monoisotopic (exact) mass is 290 g/mol. The number of methoxy groups -OCH3 is 1. The van der Waals surface area contributed by atoms with E-state index in [1.807, 2.05) is 42.3 Å². The summed E-state index contributed by atoms with van der Waals surface area (Å²) in [4.78, 5) is 15.2. The Morgan fingerprint density at radius 2 is 2.19 bits per heavy atom. The summed E-state index contributed by atoms with van der Waals surface area (Å²) in [5, 5.41) is 9.20. The fraction of sp³-hybridized carbons (Fsp3) is 0.438. The molecule has 5 heteroatoms. The van der Waals surface area contributed by atoms with Crippen LogP contribution in [-0.4, -0.2) is 67.3 Å². The van der Waals surface area contributed by atoms with E-state index in [1.54, 1.807) is 7.11 Å². The summed E-state index contributed by atoms with van der Waals surface area (Å²) in [6.45, 7) is 2.97. The van der Waals surface area contributed by atoms with Crippen molar-refractivity contribution in [1.82, 2.24) is 9.80 Å². The van der Waals surface area contributed by atoms with Gasteiger partial charge in [0, 0.05) is 31.7 Å². The third kappa shape index (κ3) is 4.06. The Kier molecular flexibility index (Phi) is 5.36. The van der Waals surface area contributed by atoms with Crippen LogP contribution in [0.1, 0.15) is 5.56 Å². The summed E-state index contributed by atoms with van der Waals surface area (Å²) >= 11 is 0. The van der Waals surface area contributed by atoms with Crippen molar-refractivity contribution in [1.29, 1.82) is 0 Å². The van der Waals surface area contributed by atoms with Gasteiger partial charge in [-0.1, -0.05) is 30.4 Å². The molecule has 1 aliphatic heterocycles. The molecule has 1 fully saturated rings. The molecule has 0 unspecified atom stereocenters. The first-order valence-electron chi connectivity index (χ1n) is 7.06. The normalized spacial score (nSPS) is 20.8. The minimum Gasteiger partial charge on any atom is -0.496 e. The predicted molar refractivity (Wildman–Crippen MR) is 82.5 cm³/mol. The summed E-state index contributed by atoms with van der Waals surface area (Å²) < 4.78 is 5.30. The molecule has 1 N–H and O–H groups in total. The van der Waals surface area contributed by atoms with E-state index in [0.29, 0.717) is 6.54 Å². The number of nitrogens with zero attached hydrogens (tertiary/aromatic N) is 2. The van der Waals surface area contributed by atoms with Gasteiger partial charge in [-0.25, -0.2) is 0 Å². The fourth-order valence-electron chi connectivity index (χ4n) is 2.50. The number of para-hydroxylation sites is 1. The Balaban J connectivity index is 1.93. The Morgan fingerprint density at radius 1 is 1.43 bits per heavy atom. The van der Waals surface area contributed by atoms with Crippen molar-refractivity contribution < 1.29 is 14.6 Å². The zero-order chi connectivity index (χ0) is 15.2. The average Bonchev–Trinajstić information content (AvgIpc) is 2.49. The molecule has 0 amide bonds. The highest BCUT2D eigenvalue weighted by Gasteiger charge is 2.28. The van der Waals surface area contributed by atoms with Crippen LogP contribution in [0.3, 0.4) is 0 Å². The second kappa shape index (κ2) is 7.24. The fourth-order valence-corrected chi connectivity index (χ4v) is 2.50. The highest BCUT2D eigenvalue weighted by Crippen LogP contribution is 2.18. The van der Waals surface area contributed by atoms with E-state index in [1.165, 1.54) is 0 Å². The highest BCUT2D eigenvalue weighted by molar-refractivity contribution is 5.73. The summed E-state index contributed by atoms with van der Waals surface area (Å²) in [5.74, 6) is 0.0893. The van der Waals surface area contributed by atoms with Gasteiger partial charge in [0.25, 0.3) is 0 Å². The van der Waals surface area contributed by atoms with E-state index in [2.05, 4.69) is 11.0 Å². The van der Waals surface area contributed by atoms with Crippen molar-refractivity contribution in [2.45, 2.75) is 6.04 Å². The van der Waals surface area contributed by atoms with Gasteiger partial charge in [0.15, 0.2) is 0 Å². The van der Waals surface area contributed by atoms with Gasteiger partial charge in [0.1, 0.15) is 11.8 Å². The quantitative estimate of drug-likeness (QED) is 0.888. The largest absolute Gasteiger partial charge is 0.496 e. The van der Waals surface area contributed by atoms with Crippen LogP contribution in [0.25, 0.3) is 6.08 Å². The number of aliphatic carboxylic acids is 1. The van der Waals surface area contributed by atoms with Crippen LogP contribution < -0.4 is 4.74 Å². The molecule has 0 bridgehead atoms. The average molecular weight is 290 g/mol. The number of hydrogen-bond acceptors (Lipinski definition) is 4. The van der Waals surface area contributed by atoms with Gasteiger partial charge in [-0.05, 0) is 13.1 Å². The van der Waals surface area contributed by atoms with Crippen molar-refractivity contribution in [3.8, 4) is 5.75 Å². The number of ether oxygens (including phenoxy) is 1. The van der Waals surface area contributed by atoms with Crippen LogP contribution in [0.2, 0.25) is 0 Å². The lowest BCUT2D eigenvalue weighted by atomic mass is 10.1. The van der Waals surface area contributed by atoms with Gasteiger partial charge in [-0.3, -0.25) is 14.6 Å². The first-order valence-corrected chi connectivity index (χ1v) is 7.06. The number of likely N-dealkylation sites (N-methyl/N-ethyl adjacent to an activating group) is 1. The molecule has 21 heavy (non-hydrogen) atoms. The number of benzene rings is 1. The predicted octanol–water partition coefficient (Wildman–Crippen LogP) is 1.41. The maximum absolute atomic E-state index is 11.2. The van der Waals surface area contributed by atoms with Crippen LogP contribution in [0.4, 0.5) is 0 Å². The van der Waals surface area contributed by atoms with E-state index in [0.717, 1.165) is 30.9 Å². The number of carbonyl (C=O) groups is 1. The lowest BCUT2D eigenvalue weighted by molar-refractivity contribution is -0.144. The maximum atomic E-state index is 11.2. The van der Waals surface area contributed by atoms with Gasteiger partial charge in [0.05, 0.1) is 7.11 Å². The molecule has 5 nitrogen and oxygen atoms in total. The molecule has 114 valence electrons. The molecule has 0 saturated carbocycles. The van der Waals surface area contributed by atoms with Crippen LogP contribution >= 0.6 is 0 Å². The third-order valence-electron chi connectivity index (χ3n) is 3.82. The molecule has 0 radical (unpaired) electrons. The Labute approximate surface area is 125 Å². The molecular formula is C16H22N2O3. The molecule has 1 atom stereocenters. The van der Waals surface area contributed by atoms with Crippen LogP contribution in [0.15, 0.2) is 30.3 Å². The number of hydrogen-bond donors (Lipinski definition) is 1. The van der Waals surface area contributed by atoms with Gasteiger partial charge in [-0.2, -0.15) is 0 Å². The molecule has 2 rings (SSSR count). The summed E-state index contributed by atoms with van der Waals surface area (Å²) in [6, 6.07) is 7.42. The Hall–Kier alpha value is -1.85. The van der Waals surface area contributed by atoms with Crippen molar-refractivity contribution in [2.24, 2.45) is 0 Å². The van der Waals surface area contributed by atoms with E-state index in [-0.39, 0.29) is 0 Å². The maximum Gasteiger partial charge on any atom is 0.322 e. The van der Waals surface area contributed by atoms with Gasteiger partial charge in [-0.15, -0.1) is 0 Å². The molecule has 0 aliphatic carbocycles. The number of carboxylic acids is 1. The van der Waals surface area contributed by atoms with Crippen molar-refractivity contribution in [2.75, 3.05) is 40.3 Å². The first kappa shape index (κ1) is 15.5. The highest BCUT2D eigenvalue weighted by atomic mass is 16.5. The minimum absolute atomic E-state index is 0.418. The second-order valence-corrected chi connectivity index (χ2v) is 5.24.